The maximum absolute atomic E-state index is 9.55. The Morgan fingerprint density at radius 3 is 2.50 bits per heavy atom. The largest absolute Gasteiger partial charge is 0.508 e. The molecule has 0 saturated heterocycles. The van der Waals surface area contributed by atoms with Crippen molar-refractivity contribution in [1.29, 1.82) is 0 Å². The number of aromatic hydroxyl groups is 1. The first-order valence-corrected chi connectivity index (χ1v) is 8.08. The van der Waals surface area contributed by atoms with Crippen LogP contribution in [0.3, 0.4) is 0 Å². The van der Waals surface area contributed by atoms with Gasteiger partial charge in [0.15, 0.2) is 5.76 Å². The first-order valence-electron chi connectivity index (χ1n) is 8.08. The van der Waals surface area contributed by atoms with E-state index in [9.17, 15) is 5.11 Å². The van der Waals surface area contributed by atoms with Gasteiger partial charge >= 0.3 is 0 Å². The van der Waals surface area contributed by atoms with Crippen molar-refractivity contribution in [3.05, 3.63) is 77.2 Å². The Labute approximate surface area is 140 Å². The van der Waals surface area contributed by atoms with Gasteiger partial charge in [0.05, 0.1) is 0 Å². The molecule has 0 aliphatic carbocycles. The second kappa shape index (κ2) is 5.96. The Morgan fingerprint density at radius 1 is 1.00 bits per heavy atom. The van der Waals surface area contributed by atoms with Gasteiger partial charge in [-0.05, 0) is 42.5 Å². The highest BCUT2D eigenvalue weighted by molar-refractivity contribution is 6.03. The first-order chi connectivity index (χ1) is 11.7. The van der Waals surface area contributed by atoms with E-state index in [1.165, 1.54) is 5.56 Å². The van der Waals surface area contributed by atoms with E-state index in [1.807, 2.05) is 37.3 Å². The third kappa shape index (κ3) is 2.71. The molecular weight excluding hydrogens is 300 g/mol. The van der Waals surface area contributed by atoms with Gasteiger partial charge in [-0.3, -0.25) is 0 Å². The average molecular weight is 318 g/mol. The maximum atomic E-state index is 9.55. The number of hydrogen-bond donors (Lipinski definition) is 1. The molecule has 2 heterocycles. The minimum atomic E-state index is 0.234. The molecule has 1 N–H and O–H groups in total. The van der Waals surface area contributed by atoms with Crippen LogP contribution in [0.5, 0.6) is 5.75 Å². The lowest BCUT2D eigenvalue weighted by Gasteiger charge is -2.15. The summed E-state index contributed by atoms with van der Waals surface area (Å²) in [6.45, 7) is 1.93. The fourth-order valence-corrected chi connectivity index (χ4v) is 3.19. The van der Waals surface area contributed by atoms with Gasteiger partial charge in [0.1, 0.15) is 17.1 Å². The molecule has 0 unspecified atom stereocenters. The molecule has 0 fully saturated rings. The van der Waals surface area contributed by atoms with E-state index in [1.54, 1.807) is 12.1 Å². The second-order valence-electron chi connectivity index (χ2n) is 6.16. The highest BCUT2D eigenvalue weighted by atomic mass is 16.5. The molecule has 0 amide bonds. The van der Waals surface area contributed by atoms with E-state index < -0.39 is 0 Å². The van der Waals surface area contributed by atoms with E-state index in [2.05, 4.69) is 17.3 Å². The van der Waals surface area contributed by atoms with Gasteiger partial charge in [0.2, 0.25) is 0 Å². The van der Waals surface area contributed by atoms with Crippen molar-refractivity contribution >= 4 is 11.4 Å². The smallest absolute Gasteiger partial charge is 0.163 e. The summed E-state index contributed by atoms with van der Waals surface area (Å²) in [7, 11) is 0. The first kappa shape index (κ1) is 14.7. The van der Waals surface area contributed by atoms with E-state index in [-0.39, 0.29) is 11.7 Å². The van der Waals surface area contributed by atoms with Crippen LogP contribution in [0.25, 0.3) is 0 Å². The number of aliphatic imine (C=N–C) groups is 1. The van der Waals surface area contributed by atoms with Gasteiger partial charge in [-0.25, -0.2) is 4.99 Å². The van der Waals surface area contributed by atoms with Gasteiger partial charge < -0.3 is 9.63 Å². The second-order valence-corrected chi connectivity index (χ2v) is 6.16. The number of aryl methyl sites for hydroxylation is 1. The number of benzene rings is 2. The molecular formula is C20H18N2O2. The van der Waals surface area contributed by atoms with Crippen LogP contribution in [-0.2, 0) is 6.42 Å². The predicted molar refractivity (Wildman–Crippen MR) is 93.0 cm³/mol. The summed E-state index contributed by atoms with van der Waals surface area (Å²) >= 11 is 0. The summed E-state index contributed by atoms with van der Waals surface area (Å²) in [4.78, 5) is 4.87. The summed E-state index contributed by atoms with van der Waals surface area (Å²) in [5.41, 5.74) is 5.01. The third-order valence-electron chi connectivity index (χ3n) is 4.49. The van der Waals surface area contributed by atoms with Crippen molar-refractivity contribution in [1.82, 2.24) is 5.16 Å². The van der Waals surface area contributed by atoms with Gasteiger partial charge in [-0.1, -0.05) is 47.6 Å². The number of aromatic nitrogens is 1. The van der Waals surface area contributed by atoms with Crippen molar-refractivity contribution < 1.29 is 9.63 Å². The number of hydrogen-bond acceptors (Lipinski definition) is 4. The molecule has 24 heavy (non-hydrogen) atoms. The van der Waals surface area contributed by atoms with E-state index in [0.29, 0.717) is 0 Å². The molecule has 4 nitrogen and oxygen atoms in total. The number of fused-ring (bicyclic) bond motifs is 1. The van der Waals surface area contributed by atoms with Crippen LogP contribution in [0.1, 0.15) is 34.9 Å². The van der Waals surface area contributed by atoms with Crippen molar-refractivity contribution in [3.63, 3.8) is 0 Å². The van der Waals surface area contributed by atoms with Gasteiger partial charge in [-0.2, -0.15) is 0 Å². The van der Waals surface area contributed by atoms with Crippen molar-refractivity contribution in [2.75, 3.05) is 0 Å². The molecule has 0 saturated carbocycles. The Bertz CT molecular complexity index is 880. The Balaban J connectivity index is 1.80. The summed E-state index contributed by atoms with van der Waals surface area (Å²) in [6.07, 6.45) is 1.57. The molecule has 0 bridgehead atoms. The van der Waals surface area contributed by atoms with Crippen molar-refractivity contribution in [3.8, 4) is 5.75 Å². The molecule has 0 radical (unpaired) electrons. The summed E-state index contributed by atoms with van der Waals surface area (Å²) in [5, 5.41) is 13.6. The highest BCUT2D eigenvalue weighted by Gasteiger charge is 2.25. The molecule has 1 aliphatic heterocycles. The standard InChI is InChI=1S/C20H18N2O2/c1-13-20-19(24-22-13)12-16(14-7-9-17(23)10-8-14)11-18(21-20)15-5-3-2-4-6-15/h2-10,16,23H,11-12H2,1H3/t16-/m1/s1. The molecule has 3 aromatic rings. The summed E-state index contributed by atoms with van der Waals surface area (Å²) < 4.78 is 5.52. The molecule has 1 aliphatic rings. The Kier molecular flexibility index (Phi) is 3.65. The number of phenols is 1. The van der Waals surface area contributed by atoms with E-state index >= 15 is 0 Å². The van der Waals surface area contributed by atoms with Gasteiger partial charge in [0, 0.05) is 12.1 Å². The van der Waals surface area contributed by atoms with Crippen LogP contribution in [0.4, 0.5) is 5.69 Å². The minimum Gasteiger partial charge on any atom is -0.508 e. The molecule has 2 aromatic carbocycles. The zero-order valence-electron chi connectivity index (χ0n) is 13.4. The van der Waals surface area contributed by atoms with Crippen molar-refractivity contribution in [2.24, 2.45) is 4.99 Å². The predicted octanol–water partition coefficient (Wildman–Crippen LogP) is 4.54. The average Bonchev–Trinajstić information content (AvgIpc) is 2.84. The monoisotopic (exact) mass is 318 g/mol. The van der Waals surface area contributed by atoms with Gasteiger partial charge in [0.25, 0.3) is 0 Å². The van der Waals surface area contributed by atoms with Crippen LogP contribution in [0.15, 0.2) is 64.1 Å². The maximum Gasteiger partial charge on any atom is 0.163 e. The third-order valence-corrected chi connectivity index (χ3v) is 4.49. The van der Waals surface area contributed by atoms with Crippen LogP contribution >= 0.6 is 0 Å². The molecule has 1 aromatic heterocycles. The normalized spacial score (nSPS) is 17.0. The SMILES string of the molecule is Cc1noc2c1N=C(c1ccccc1)C[C@@H](c1ccc(O)cc1)C2. The lowest BCUT2D eigenvalue weighted by molar-refractivity contribution is 0.373. The van der Waals surface area contributed by atoms with Crippen LogP contribution in [0, 0.1) is 6.92 Å². The van der Waals surface area contributed by atoms with Crippen molar-refractivity contribution in [2.45, 2.75) is 25.7 Å². The highest BCUT2D eigenvalue weighted by Crippen LogP contribution is 2.36. The Hall–Kier alpha value is -2.88. The number of phenolic OH excluding ortho intramolecular Hbond substituents is 1. The lowest BCUT2D eigenvalue weighted by Crippen LogP contribution is -2.09. The molecule has 4 heteroatoms. The molecule has 0 spiro atoms. The minimum absolute atomic E-state index is 0.234. The lowest BCUT2D eigenvalue weighted by atomic mass is 9.88. The van der Waals surface area contributed by atoms with Crippen LogP contribution in [0.2, 0.25) is 0 Å². The quantitative estimate of drug-likeness (QED) is 0.754. The van der Waals surface area contributed by atoms with Crippen LogP contribution in [-0.4, -0.2) is 16.0 Å². The van der Waals surface area contributed by atoms with E-state index in [4.69, 9.17) is 9.52 Å². The summed E-state index contributed by atoms with van der Waals surface area (Å²) in [6, 6.07) is 17.6. The summed E-state index contributed by atoms with van der Waals surface area (Å²) in [5.74, 6) is 1.34. The fraction of sp³-hybridized carbons (Fsp3) is 0.200. The number of nitrogens with zero attached hydrogens (tertiary/aromatic N) is 2. The fourth-order valence-electron chi connectivity index (χ4n) is 3.19. The molecule has 4 rings (SSSR count). The zero-order valence-corrected chi connectivity index (χ0v) is 13.4. The topological polar surface area (TPSA) is 58.6 Å². The molecule has 120 valence electrons. The van der Waals surface area contributed by atoms with Gasteiger partial charge in [-0.15, -0.1) is 0 Å². The van der Waals surface area contributed by atoms with E-state index in [0.717, 1.165) is 41.3 Å². The number of rotatable bonds is 2. The molecule has 1 atom stereocenters. The Morgan fingerprint density at radius 2 is 1.75 bits per heavy atom. The van der Waals surface area contributed by atoms with Crippen LogP contribution < -0.4 is 0 Å². The zero-order chi connectivity index (χ0) is 16.5.